The fourth-order valence-corrected chi connectivity index (χ4v) is 6.40. The maximum Gasteiger partial charge on any atom is 0.338 e. The largest absolute Gasteiger partial charge is 0.459 e. The zero-order valence-corrected chi connectivity index (χ0v) is 23.8. The van der Waals surface area contributed by atoms with Crippen molar-refractivity contribution in [1.29, 1.82) is 0 Å². The fraction of sp³-hybridized carbons (Fsp3) is 0.207. The van der Waals surface area contributed by atoms with Gasteiger partial charge in [0.2, 0.25) is 0 Å². The second kappa shape index (κ2) is 11.2. The minimum absolute atomic E-state index is 0.233. The Bertz CT molecular complexity index is 1680. The first-order valence-electron chi connectivity index (χ1n) is 12.0. The molecule has 0 fully saturated rings. The van der Waals surface area contributed by atoms with Crippen LogP contribution < -0.4 is 14.9 Å². The number of rotatable bonds is 7. The highest BCUT2D eigenvalue weighted by molar-refractivity contribution is 7.99. The smallest absolute Gasteiger partial charge is 0.338 e. The SMILES string of the molecule is CSc1ccc([C@H]2C(C(=O)OC(C)C)=C(C)N=c3s/c(=C/c4ccc(Sc5ccccc5)o4)c(=O)n32)cc1. The van der Waals surface area contributed by atoms with Gasteiger partial charge in [-0.1, -0.05) is 53.4 Å². The third-order valence-corrected chi connectivity index (χ3v) is 8.51. The van der Waals surface area contributed by atoms with E-state index in [1.54, 1.807) is 43.2 Å². The first kappa shape index (κ1) is 26.3. The van der Waals surface area contributed by atoms with E-state index in [-0.39, 0.29) is 11.7 Å². The highest BCUT2D eigenvalue weighted by Crippen LogP contribution is 2.32. The Hall–Kier alpha value is -3.27. The van der Waals surface area contributed by atoms with Crippen molar-refractivity contribution in [3.63, 3.8) is 0 Å². The topological polar surface area (TPSA) is 73.8 Å². The molecule has 1 atom stereocenters. The predicted octanol–water partition coefficient (Wildman–Crippen LogP) is 5.65. The van der Waals surface area contributed by atoms with E-state index < -0.39 is 12.0 Å². The lowest BCUT2D eigenvalue weighted by molar-refractivity contribution is -0.143. The zero-order chi connectivity index (χ0) is 26.8. The van der Waals surface area contributed by atoms with E-state index in [4.69, 9.17) is 9.15 Å². The lowest BCUT2D eigenvalue weighted by Gasteiger charge is -2.25. The van der Waals surface area contributed by atoms with Gasteiger partial charge in [0.1, 0.15) is 5.76 Å². The van der Waals surface area contributed by atoms with Crippen LogP contribution in [0.4, 0.5) is 0 Å². The van der Waals surface area contributed by atoms with Gasteiger partial charge in [-0.25, -0.2) is 9.79 Å². The number of nitrogens with zero attached hydrogens (tertiary/aromatic N) is 2. The van der Waals surface area contributed by atoms with Crippen molar-refractivity contribution in [3.8, 4) is 0 Å². The Labute approximate surface area is 232 Å². The molecule has 38 heavy (non-hydrogen) atoms. The van der Waals surface area contributed by atoms with Crippen LogP contribution in [0.3, 0.4) is 0 Å². The predicted molar refractivity (Wildman–Crippen MR) is 152 cm³/mol. The summed E-state index contributed by atoms with van der Waals surface area (Å²) >= 11 is 4.42. The second-order valence-electron chi connectivity index (χ2n) is 8.88. The van der Waals surface area contributed by atoms with E-state index >= 15 is 0 Å². The third kappa shape index (κ3) is 5.45. The van der Waals surface area contributed by atoms with Gasteiger partial charge < -0.3 is 9.15 Å². The van der Waals surface area contributed by atoms with E-state index in [2.05, 4.69) is 4.99 Å². The average Bonchev–Trinajstić information content (AvgIpc) is 3.46. The van der Waals surface area contributed by atoms with Gasteiger partial charge in [0.05, 0.1) is 27.9 Å². The molecule has 4 aromatic rings. The standard InChI is InChI=1S/C29H26N2O4S3/c1-17(2)34-28(33)25-18(3)30-29-31(26(25)19-10-13-21(36-4)14-11-19)27(32)23(38-29)16-20-12-15-24(35-20)37-22-8-6-5-7-9-22/h5-17,26H,1-4H3/b23-16+/t26-/m0/s1. The number of hydrogen-bond acceptors (Lipinski definition) is 8. The van der Waals surface area contributed by atoms with Crippen molar-refractivity contribution < 1.29 is 13.9 Å². The molecule has 5 rings (SSSR count). The number of thiazole rings is 1. The van der Waals surface area contributed by atoms with E-state index in [1.165, 1.54) is 23.1 Å². The minimum Gasteiger partial charge on any atom is -0.459 e. The molecule has 0 N–H and O–H groups in total. The maximum atomic E-state index is 13.8. The Morgan fingerprint density at radius 1 is 1.08 bits per heavy atom. The number of carbonyl (C=O) groups is 1. The molecule has 0 spiro atoms. The second-order valence-corrected chi connectivity index (χ2v) is 11.8. The van der Waals surface area contributed by atoms with Crippen molar-refractivity contribution in [2.24, 2.45) is 4.99 Å². The summed E-state index contributed by atoms with van der Waals surface area (Å²) in [5, 5.41) is 0.733. The van der Waals surface area contributed by atoms with Crippen LogP contribution in [-0.4, -0.2) is 22.9 Å². The molecule has 0 amide bonds. The molecule has 0 bridgehead atoms. The summed E-state index contributed by atoms with van der Waals surface area (Å²) in [7, 11) is 0. The minimum atomic E-state index is -0.642. The van der Waals surface area contributed by atoms with Gasteiger partial charge >= 0.3 is 5.97 Å². The van der Waals surface area contributed by atoms with Crippen LogP contribution in [0, 0.1) is 0 Å². The zero-order valence-electron chi connectivity index (χ0n) is 21.3. The molecule has 0 radical (unpaired) electrons. The van der Waals surface area contributed by atoms with Gasteiger partial charge in [-0.15, -0.1) is 11.8 Å². The molecule has 3 heterocycles. The quantitative estimate of drug-likeness (QED) is 0.214. The number of allylic oxidation sites excluding steroid dienone is 1. The fourth-order valence-electron chi connectivity index (χ4n) is 4.16. The Morgan fingerprint density at radius 3 is 2.50 bits per heavy atom. The van der Waals surface area contributed by atoms with Crippen molar-refractivity contribution in [3.05, 3.63) is 109 Å². The van der Waals surface area contributed by atoms with Crippen LogP contribution in [0.15, 0.2) is 107 Å². The van der Waals surface area contributed by atoms with Gasteiger partial charge in [0.25, 0.3) is 5.56 Å². The summed E-state index contributed by atoms with van der Waals surface area (Å²) < 4.78 is 13.6. The first-order chi connectivity index (χ1) is 18.3. The molecule has 1 aliphatic rings. The molecule has 0 saturated carbocycles. The Morgan fingerprint density at radius 2 is 1.82 bits per heavy atom. The van der Waals surface area contributed by atoms with Crippen LogP contribution in [0.25, 0.3) is 6.08 Å². The number of esters is 1. The molecule has 0 unspecified atom stereocenters. The van der Waals surface area contributed by atoms with Gasteiger partial charge in [-0.2, -0.15) is 0 Å². The highest BCUT2D eigenvalue weighted by atomic mass is 32.2. The van der Waals surface area contributed by atoms with Crippen molar-refractivity contribution in [2.45, 2.75) is 47.8 Å². The lowest BCUT2D eigenvalue weighted by atomic mass is 9.96. The highest BCUT2D eigenvalue weighted by Gasteiger charge is 2.33. The molecule has 2 aromatic carbocycles. The molecule has 2 aromatic heterocycles. The van der Waals surface area contributed by atoms with Gasteiger partial charge in [-0.3, -0.25) is 9.36 Å². The van der Waals surface area contributed by atoms with Gasteiger partial charge in [-0.05, 0) is 69.0 Å². The van der Waals surface area contributed by atoms with Crippen molar-refractivity contribution in [2.75, 3.05) is 6.26 Å². The summed E-state index contributed by atoms with van der Waals surface area (Å²) in [6.07, 6.45) is 3.44. The molecular weight excluding hydrogens is 537 g/mol. The van der Waals surface area contributed by atoms with E-state index in [0.717, 1.165) is 20.4 Å². The number of benzene rings is 2. The number of fused-ring (bicyclic) bond motifs is 1. The molecule has 194 valence electrons. The van der Waals surface area contributed by atoms with E-state index in [9.17, 15) is 9.59 Å². The van der Waals surface area contributed by atoms with Crippen LogP contribution in [0.5, 0.6) is 0 Å². The van der Waals surface area contributed by atoms with Crippen LogP contribution >= 0.6 is 34.9 Å². The third-order valence-electron chi connectivity index (χ3n) is 5.85. The maximum absolute atomic E-state index is 13.8. The number of thioether (sulfide) groups is 1. The normalized spacial score (nSPS) is 15.5. The molecule has 1 aliphatic heterocycles. The molecule has 0 saturated heterocycles. The lowest BCUT2D eigenvalue weighted by Crippen LogP contribution is -2.40. The Kier molecular flexibility index (Phi) is 7.78. The van der Waals surface area contributed by atoms with E-state index in [0.29, 0.717) is 26.4 Å². The molecule has 6 nitrogen and oxygen atoms in total. The first-order valence-corrected chi connectivity index (χ1v) is 14.9. The number of carbonyl (C=O) groups excluding carboxylic acids is 1. The molecule has 0 aliphatic carbocycles. The summed E-state index contributed by atoms with van der Waals surface area (Å²) in [6.45, 7) is 5.40. The number of furan rings is 1. The van der Waals surface area contributed by atoms with Crippen LogP contribution in [0.2, 0.25) is 0 Å². The van der Waals surface area contributed by atoms with Gasteiger partial charge in [0, 0.05) is 15.9 Å². The monoisotopic (exact) mass is 562 g/mol. The number of ether oxygens (including phenoxy) is 1. The number of aromatic nitrogens is 1. The van der Waals surface area contributed by atoms with Crippen LogP contribution in [-0.2, 0) is 9.53 Å². The Balaban J connectivity index is 1.58. The molecule has 9 heteroatoms. The van der Waals surface area contributed by atoms with Crippen molar-refractivity contribution in [1.82, 2.24) is 4.57 Å². The summed E-state index contributed by atoms with van der Waals surface area (Å²) in [4.78, 5) is 34.3. The summed E-state index contributed by atoms with van der Waals surface area (Å²) in [5.74, 6) is 0.104. The molecular formula is C29H26N2O4S3. The van der Waals surface area contributed by atoms with Crippen molar-refractivity contribution >= 4 is 46.9 Å². The van der Waals surface area contributed by atoms with Crippen LogP contribution in [0.1, 0.15) is 38.1 Å². The summed E-state index contributed by atoms with van der Waals surface area (Å²) in [5.41, 5.74) is 1.50. The van der Waals surface area contributed by atoms with Gasteiger partial charge in [0.15, 0.2) is 9.89 Å². The summed E-state index contributed by atoms with van der Waals surface area (Å²) in [6, 6.07) is 20.9. The number of hydrogen-bond donors (Lipinski definition) is 0. The average molecular weight is 563 g/mol. The van der Waals surface area contributed by atoms with E-state index in [1.807, 2.05) is 73.0 Å².